The molecule has 1 heterocycles. The Bertz CT molecular complexity index is 602. The molecule has 0 amide bonds. The molecule has 1 aliphatic rings. The number of oxazole rings is 1. The Hall–Kier alpha value is -1.51. The molecule has 2 atom stereocenters. The maximum Gasteiger partial charge on any atom is 0.192 e. The molecule has 1 aromatic carbocycles. The summed E-state index contributed by atoms with van der Waals surface area (Å²) in [5, 5.41) is 3.70. The molecule has 3 heteroatoms. The van der Waals surface area contributed by atoms with Crippen LogP contribution in [-0.4, -0.2) is 11.0 Å². The monoisotopic (exact) mass is 286 g/mol. The number of aromatic nitrogens is 1. The van der Waals surface area contributed by atoms with Gasteiger partial charge in [-0.15, -0.1) is 0 Å². The highest BCUT2D eigenvalue weighted by Crippen LogP contribution is 2.31. The molecule has 0 bridgehead atoms. The van der Waals surface area contributed by atoms with Crippen LogP contribution in [0, 0.1) is 18.8 Å². The zero-order chi connectivity index (χ0) is 14.8. The number of benzene rings is 1. The van der Waals surface area contributed by atoms with E-state index in [9.17, 15) is 0 Å². The first-order valence-electron chi connectivity index (χ1n) is 8.24. The summed E-state index contributed by atoms with van der Waals surface area (Å²) >= 11 is 0. The molecule has 0 saturated heterocycles. The Morgan fingerprint density at radius 1 is 1.33 bits per heavy atom. The molecule has 3 rings (SSSR count). The molecule has 0 aliphatic heterocycles. The lowest BCUT2D eigenvalue weighted by molar-refractivity contribution is 0.289. The van der Waals surface area contributed by atoms with Gasteiger partial charge in [-0.05, 0) is 49.3 Å². The maximum absolute atomic E-state index is 5.53. The van der Waals surface area contributed by atoms with Crippen LogP contribution in [0.5, 0.6) is 0 Å². The van der Waals surface area contributed by atoms with E-state index in [-0.39, 0.29) is 0 Å². The van der Waals surface area contributed by atoms with E-state index in [1.165, 1.54) is 37.8 Å². The summed E-state index contributed by atoms with van der Waals surface area (Å²) in [7, 11) is 0. The van der Waals surface area contributed by atoms with Crippen molar-refractivity contribution in [2.75, 3.05) is 5.32 Å². The second-order valence-corrected chi connectivity index (χ2v) is 6.92. The van der Waals surface area contributed by atoms with Crippen molar-refractivity contribution < 1.29 is 4.42 Å². The highest BCUT2D eigenvalue weighted by Gasteiger charge is 2.22. The third-order valence-corrected chi connectivity index (χ3v) is 4.45. The molecular formula is C18H26N2O. The first-order chi connectivity index (χ1) is 10.1. The number of aryl methyl sites for hydroxylation is 1. The molecule has 114 valence electrons. The SMILES string of the molecule is Cc1nc2cc(NC3CCCC(CC(C)C)C3)ccc2o1. The molecule has 1 aliphatic carbocycles. The third-order valence-electron chi connectivity index (χ3n) is 4.45. The van der Waals surface area contributed by atoms with Crippen molar-refractivity contribution in [1.82, 2.24) is 4.98 Å². The average molecular weight is 286 g/mol. The Kier molecular flexibility index (Phi) is 4.18. The summed E-state index contributed by atoms with van der Waals surface area (Å²) in [6, 6.07) is 6.84. The van der Waals surface area contributed by atoms with Crippen LogP contribution >= 0.6 is 0 Å². The molecule has 0 spiro atoms. The van der Waals surface area contributed by atoms with Crippen molar-refractivity contribution in [3.8, 4) is 0 Å². The third kappa shape index (κ3) is 3.58. The highest BCUT2D eigenvalue weighted by molar-refractivity contribution is 5.77. The van der Waals surface area contributed by atoms with Crippen molar-refractivity contribution in [3.05, 3.63) is 24.1 Å². The van der Waals surface area contributed by atoms with Gasteiger partial charge in [0.15, 0.2) is 11.5 Å². The zero-order valence-corrected chi connectivity index (χ0v) is 13.4. The van der Waals surface area contributed by atoms with Crippen molar-refractivity contribution in [2.24, 2.45) is 11.8 Å². The first kappa shape index (κ1) is 14.4. The first-order valence-corrected chi connectivity index (χ1v) is 8.24. The van der Waals surface area contributed by atoms with Gasteiger partial charge in [-0.3, -0.25) is 0 Å². The number of anilines is 1. The van der Waals surface area contributed by atoms with Crippen molar-refractivity contribution in [2.45, 2.75) is 58.9 Å². The van der Waals surface area contributed by atoms with Crippen LogP contribution in [0.15, 0.2) is 22.6 Å². The molecule has 2 aromatic rings. The maximum atomic E-state index is 5.53. The fourth-order valence-corrected chi connectivity index (χ4v) is 3.67. The quantitative estimate of drug-likeness (QED) is 0.844. The van der Waals surface area contributed by atoms with Crippen molar-refractivity contribution in [3.63, 3.8) is 0 Å². The van der Waals surface area contributed by atoms with Gasteiger partial charge in [0.1, 0.15) is 5.52 Å². The largest absolute Gasteiger partial charge is 0.441 e. The standard InChI is InChI=1S/C18H26N2O/c1-12(2)9-14-5-4-6-15(10-14)20-16-7-8-18-17(11-16)19-13(3)21-18/h7-8,11-12,14-15,20H,4-6,9-10H2,1-3H3. The number of hydrogen-bond donors (Lipinski definition) is 1. The van der Waals surface area contributed by atoms with Gasteiger partial charge in [0, 0.05) is 18.7 Å². The van der Waals surface area contributed by atoms with E-state index in [0.29, 0.717) is 6.04 Å². The highest BCUT2D eigenvalue weighted by atomic mass is 16.3. The van der Waals surface area contributed by atoms with Gasteiger partial charge >= 0.3 is 0 Å². The Morgan fingerprint density at radius 2 is 2.19 bits per heavy atom. The van der Waals surface area contributed by atoms with Gasteiger partial charge in [0.2, 0.25) is 0 Å². The number of hydrogen-bond acceptors (Lipinski definition) is 3. The fourth-order valence-electron chi connectivity index (χ4n) is 3.67. The van der Waals surface area contributed by atoms with E-state index >= 15 is 0 Å². The van der Waals surface area contributed by atoms with Crippen LogP contribution in [0.4, 0.5) is 5.69 Å². The van der Waals surface area contributed by atoms with Gasteiger partial charge in [-0.25, -0.2) is 4.98 Å². The Morgan fingerprint density at radius 3 is 3.00 bits per heavy atom. The summed E-state index contributed by atoms with van der Waals surface area (Å²) in [4.78, 5) is 4.41. The van der Waals surface area contributed by atoms with E-state index in [2.05, 4.69) is 36.3 Å². The normalized spacial score (nSPS) is 22.9. The van der Waals surface area contributed by atoms with E-state index in [0.717, 1.165) is 28.8 Å². The van der Waals surface area contributed by atoms with Crippen LogP contribution < -0.4 is 5.32 Å². The van der Waals surface area contributed by atoms with Crippen molar-refractivity contribution >= 4 is 16.8 Å². The number of fused-ring (bicyclic) bond motifs is 1. The summed E-state index contributed by atoms with van der Waals surface area (Å²) < 4.78 is 5.53. The molecule has 1 saturated carbocycles. The van der Waals surface area contributed by atoms with E-state index in [1.807, 2.05) is 13.0 Å². The lowest BCUT2D eigenvalue weighted by atomic mass is 9.81. The van der Waals surface area contributed by atoms with Crippen LogP contribution in [0.25, 0.3) is 11.1 Å². The average Bonchev–Trinajstić information content (AvgIpc) is 2.77. The topological polar surface area (TPSA) is 38.1 Å². The van der Waals surface area contributed by atoms with Crippen LogP contribution in [0.1, 0.15) is 51.8 Å². The molecule has 1 fully saturated rings. The number of rotatable bonds is 4. The summed E-state index contributed by atoms with van der Waals surface area (Å²) in [6.07, 6.45) is 6.69. The smallest absolute Gasteiger partial charge is 0.192 e. The summed E-state index contributed by atoms with van der Waals surface area (Å²) in [6.45, 7) is 6.56. The molecule has 2 unspecified atom stereocenters. The van der Waals surface area contributed by atoms with E-state index in [4.69, 9.17) is 4.42 Å². The van der Waals surface area contributed by atoms with Crippen molar-refractivity contribution in [1.29, 1.82) is 0 Å². The van der Waals surface area contributed by atoms with Crippen LogP contribution in [0.2, 0.25) is 0 Å². The van der Waals surface area contributed by atoms with Crippen LogP contribution in [0.3, 0.4) is 0 Å². The zero-order valence-electron chi connectivity index (χ0n) is 13.4. The number of nitrogens with one attached hydrogen (secondary N) is 1. The molecule has 3 nitrogen and oxygen atoms in total. The molecule has 0 radical (unpaired) electrons. The second-order valence-electron chi connectivity index (χ2n) is 6.92. The van der Waals surface area contributed by atoms with Crippen LogP contribution in [-0.2, 0) is 0 Å². The summed E-state index contributed by atoms with van der Waals surface area (Å²) in [5.41, 5.74) is 3.00. The minimum absolute atomic E-state index is 0.605. The molecular weight excluding hydrogens is 260 g/mol. The van der Waals surface area contributed by atoms with Gasteiger partial charge < -0.3 is 9.73 Å². The second kappa shape index (κ2) is 6.08. The molecule has 1 aromatic heterocycles. The predicted molar refractivity (Wildman–Crippen MR) is 87.6 cm³/mol. The predicted octanol–water partition coefficient (Wildman–Crippen LogP) is 5.15. The Balaban J connectivity index is 1.66. The molecule has 1 N–H and O–H groups in total. The number of nitrogens with zero attached hydrogens (tertiary/aromatic N) is 1. The van der Waals surface area contributed by atoms with Gasteiger partial charge in [0.05, 0.1) is 0 Å². The van der Waals surface area contributed by atoms with Gasteiger partial charge in [0.25, 0.3) is 0 Å². The minimum Gasteiger partial charge on any atom is -0.441 e. The van der Waals surface area contributed by atoms with E-state index < -0.39 is 0 Å². The van der Waals surface area contributed by atoms with Gasteiger partial charge in [-0.2, -0.15) is 0 Å². The molecule has 21 heavy (non-hydrogen) atoms. The summed E-state index contributed by atoms with van der Waals surface area (Å²) in [5.74, 6) is 2.43. The Labute approximate surface area is 127 Å². The lowest BCUT2D eigenvalue weighted by Gasteiger charge is -2.31. The van der Waals surface area contributed by atoms with E-state index in [1.54, 1.807) is 0 Å². The van der Waals surface area contributed by atoms with Gasteiger partial charge in [-0.1, -0.05) is 26.7 Å². The fraction of sp³-hybridized carbons (Fsp3) is 0.611. The minimum atomic E-state index is 0.605. The lowest BCUT2D eigenvalue weighted by Crippen LogP contribution is -2.27.